The zero-order valence-corrected chi connectivity index (χ0v) is 8.93. The molecule has 0 aromatic rings. The van der Waals surface area contributed by atoms with Gasteiger partial charge < -0.3 is 10.2 Å². The van der Waals surface area contributed by atoms with E-state index in [1.807, 2.05) is 0 Å². The second-order valence-electron chi connectivity index (χ2n) is 3.99. The molecule has 0 radical (unpaired) electrons. The highest BCUT2D eigenvalue weighted by molar-refractivity contribution is 6.21. The van der Waals surface area contributed by atoms with E-state index in [1.54, 1.807) is 0 Å². The van der Waals surface area contributed by atoms with E-state index in [0.717, 1.165) is 13.1 Å². The van der Waals surface area contributed by atoms with E-state index in [4.69, 9.17) is 11.6 Å². The van der Waals surface area contributed by atoms with Crippen LogP contribution in [0.3, 0.4) is 0 Å². The molecule has 1 aliphatic rings. The summed E-state index contributed by atoms with van der Waals surface area (Å²) < 4.78 is 0. The van der Waals surface area contributed by atoms with Crippen LogP contribution in [0, 0.1) is 0 Å². The van der Waals surface area contributed by atoms with Crippen LogP contribution in [0.5, 0.6) is 0 Å². The van der Waals surface area contributed by atoms with Crippen LogP contribution >= 0.6 is 11.6 Å². The zero-order valence-electron chi connectivity index (χ0n) is 8.18. The molecule has 0 aliphatic carbocycles. The number of likely N-dealkylation sites (tertiary alicyclic amines) is 1. The molecule has 0 spiro atoms. The molecule has 0 saturated carbocycles. The van der Waals surface area contributed by atoms with Crippen molar-refractivity contribution in [1.29, 1.82) is 0 Å². The van der Waals surface area contributed by atoms with E-state index < -0.39 is 0 Å². The smallest absolute Gasteiger partial charge is 0.0616 e. The highest BCUT2D eigenvalue weighted by Gasteiger charge is 2.25. The van der Waals surface area contributed by atoms with Gasteiger partial charge in [-0.15, -0.1) is 11.6 Å². The maximum atomic E-state index is 6.22. The average Bonchev–Trinajstić information content (AvgIpc) is 1.94. The first-order valence-corrected chi connectivity index (χ1v) is 5.12. The van der Waals surface area contributed by atoms with Crippen molar-refractivity contribution in [2.45, 2.75) is 37.7 Å². The van der Waals surface area contributed by atoms with Crippen molar-refractivity contribution in [1.82, 2.24) is 10.2 Å². The fourth-order valence-electron chi connectivity index (χ4n) is 1.67. The molecular formula is C9H19ClN2. The second kappa shape index (κ2) is 4.45. The van der Waals surface area contributed by atoms with Gasteiger partial charge in [-0.1, -0.05) is 13.8 Å². The summed E-state index contributed by atoms with van der Waals surface area (Å²) in [5.41, 5.74) is 0. The van der Waals surface area contributed by atoms with Gasteiger partial charge in [0.2, 0.25) is 0 Å². The molecule has 2 nitrogen and oxygen atoms in total. The van der Waals surface area contributed by atoms with Gasteiger partial charge in [-0.3, -0.25) is 0 Å². The van der Waals surface area contributed by atoms with Crippen LogP contribution in [0.2, 0.25) is 0 Å². The molecule has 0 amide bonds. The molecule has 1 heterocycles. The Balaban J connectivity index is 2.34. The summed E-state index contributed by atoms with van der Waals surface area (Å²) in [6, 6.07) is 1.04. The minimum absolute atomic E-state index is 0.270. The Morgan fingerprint density at radius 2 is 2.17 bits per heavy atom. The lowest BCUT2D eigenvalue weighted by molar-refractivity contribution is 0.233. The Hall–Kier alpha value is 0.210. The molecule has 12 heavy (non-hydrogen) atoms. The van der Waals surface area contributed by atoms with Gasteiger partial charge in [0, 0.05) is 18.6 Å². The number of hydrogen-bond donors (Lipinski definition) is 1. The molecule has 0 unspecified atom stereocenters. The summed E-state index contributed by atoms with van der Waals surface area (Å²) in [4.78, 5) is 2.29. The number of nitrogens with one attached hydrogen (secondary N) is 1. The van der Waals surface area contributed by atoms with Gasteiger partial charge in [-0.2, -0.15) is 0 Å². The molecule has 0 bridgehead atoms. The number of nitrogens with zero attached hydrogens (tertiary/aromatic N) is 1. The van der Waals surface area contributed by atoms with Crippen LogP contribution in [-0.4, -0.2) is 42.5 Å². The lowest BCUT2D eigenvalue weighted by atomic mass is 10.0. The topological polar surface area (TPSA) is 15.3 Å². The Morgan fingerprint density at radius 3 is 2.67 bits per heavy atom. The zero-order chi connectivity index (χ0) is 9.14. The van der Waals surface area contributed by atoms with Crippen LogP contribution in [0.15, 0.2) is 0 Å². The van der Waals surface area contributed by atoms with Crippen molar-refractivity contribution in [2.24, 2.45) is 0 Å². The van der Waals surface area contributed by atoms with E-state index >= 15 is 0 Å². The standard InChI is InChI=1S/C9H19ClN2/c1-7(2)11-9-4-5-12(3)6-8(9)10/h7-9,11H,4-6H2,1-3H3/t8-,9+/m1/s1. The molecule has 3 heteroatoms. The quantitative estimate of drug-likeness (QED) is 0.661. The van der Waals surface area contributed by atoms with Gasteiger partial charge in [0.05, 0.1) is 5.38 Å². The first-order chi connectivity index (χ1) is 5.59. The summed E-state index contributed by atoms with van der Waals surface area (Å²) >= 11 is 6.22. The first kappa shape index (κ1) is 10.3. The molecule has 1 rings (SSSR count). The first-order valence-electron chi connectivity index (χ1n) is 4.68. The third kappa shape index (κ3) is 2.92. The monoisotopic (exact) mass is 190 g/mol. The fraction of sp³-hybridized carbons (Fsp3) is 1.00. The van der Waals surface area contributed by atoms with Crippen LogP contribution in [-0.2, 0) is 0 Å². The highest BCUT2D eigenvalue weighted by atomic mass is 35.5. The van der Waals surface area contributed by atoms with Crippen molar-refractivity contribution in [3.05, 3.63) is 0 Å². The van der Waals surface area contributed by atoms with Crippen molar-refractivity contribution < 1.29 is 0 Å². The third-order valence-corrected chi connectivity index (χ3v) is 2.73. The van der Waals surface area contributed by atoms with Gasteiger partial charge in [0.1, 0.15) is 0 Å². The predicted molar refractivity (Wildman–Crippen MR) is 53.8 cm³/mol. The van der Waals surface area contributed by atoms with Crippen LogP contribution in [0.25, 0.3) is 0 Å². The molecule has 1 saturated heterocycles. The molecule has 1 aliphatic heterocycles. The second-order valence-corrected chi connectivity index (χ2v) is 4.56. The van der Waals surface area contributed by atoms with Gasteiger partial charge >= 0.3 is 0 Å². The van der Waals surface area contributed by atoms with Gasteiger partial charge in [0.25, 0.3) is 0 Å². The fourth-order valence-corrected chi connectivity index (χ4v) is 2.11. The Morgan fingerprint density at radius 1 is 1.50 bits per heavy atom. The number of alkyl halides is 1. The van der Waals surface area contributed by atoms with E-state index in [1.165, 1.54) is 6.42 Å². The number of rotatable bonds is 2. The lowest BCUT2D eigenvalue weighted by Gasteiger charge is -2.34. The summed E-state index contributed by atoms with van der Waals surface area (Å²) in [7, 11) is 2.13. The maximum Gasteiger partial charge on any atom is 0.0616 e. The average molecular weight is 191 g/mol. The van der Waals surface area contributed by atoms with E-state index in [-0.39, 0.29) is 5.38 Å². The Labute approximate surface area is 80.3 Å². The predicted octanol–water partition coefficient (Wildman–Crippen LogP) is 1.30. The van der Waals surface area contributed by atoms with Crippen molar-refractivity contribution in [3.8, 4) is 0 Å². The largest absolute Gasteiger partial charge is 0.310 e. The molecule has 1 fully saturated rings. The minimum atomic E-state index is 0.270. The summed E-state index contributed by atoms with van der Waals surface area (Å²) in [5, 5.41) is 3.76. The summed E-state index contributed by atoms with van der Waals surface area (Å²) in [6.45, 7) is 6.50. The van der Waals surface area contributed by atoms with Crippen molar-refractivity contribution >= 4 is 11.6 Å². The van der Waals surface area contributed by atoms with E-state index in [0.29, 0.717) is 12.1 Å². The molecule has 72 valence electrons. The van der Waals surface area contributed by atoms with E-state index in [2.05, 4.69) is 31.1 Å². The van der Waals surface area contributed by atoms with Gasteiger partial charge in [-0.25, -0.2) is 0 Å². The van der Waals surface area contributed by atoms with Crippen LogP contribution in [0.1, 0.15) is 20.3 Å². The number of halogens is 1. The molecule has 0 aromatic carbocycles. The lowest BCUT2D eigenvalue weighted by Crippen LogP contribution is -2.50. The Bertz CT molecular complexity index is 138. The molecule has 1 N–H and O–H groups in total. The maximum absolute atomic E-state index is 6.22. The molecule has 2 atom stereocenters. The van der Waals surface area contributed by atoms with Gasteiger partial charge in [0.15, 0.2) is 0 Å². The van der Waals surface area contributed by atoms with Crippen molar-refractivity contribution in [3.63, 3.8) is 0 Å². The van der Waals surface area contributed by atoms with Crippen LogP contribution < -0.4 is 5.32 Å². The SMILES string of the molecule is CC(C)N[C@H]1CCN(C)C[C@H]1Cl. The van der Waals surface area contributed by atoms with Gasteiger partial charge in [-0.05, 0) is 20.0 Å². The minimum Gasteiger partial charge on any atom is -0.310 e. The summed E-state index contributed by atoms with van der Waals surface area (Å²) in [6.07, 6.45) is 1.17. The Kier molecular flexibility index (Phi) is 3.81. The number of hydrogen-bond acceptors (Lipinski definition) is 2. The summed E-state index contributed by atoms with van der Waals surface area (Å²) in [5.74, 6) is 0. The molecule has 0 aromatic heterocycles. The highest BCUT2D eigenvalue weighted by Crippen LogP contribution is 2.15. The molecular weight excluding hydrogens is 172 g/mol. The van der Waals surface area contributed by atoms with Crippen molar-refractivity contribution in [2.75, 3.05) is 20.1 Å². The van der Waals surface area contributed by atoms with E-state index in [9.17, 15) is 0 Å². The normalized spacial score (nSPS) is 32.8. The van der Waals surface area contributed by atoms with Crippen LogP contribution in [0.4, 0.5) is 0 Å². The third-order valence-electron chi connectivity index (χ3n) is 2.29. The number of piperidine rings is 1.